The number of hydrogen-bond acceptors (Lipinski definition) is 3. The van der Waals surface area contributed by atoms with Gasteiger partial charge in [0.15, 0.2) is 6.10 Å². The van der Waals surface area contributed by atoms with E-state index >= 15 is 0 Å². The molecule has 5 heteroatoms. The average molecular weight is 358 g/mol. The van der Waals surface area contributed by atoms with Gasteiger partial charge in [-0.3, -0.25) is 0 Å². The quantitative estimate of drug-likeness (QED) is 0.774. The van der Waals surface area contributed by atoms with Gasteiger partial charge in [-0.05, 0) is 49.2 Å². The van der Waals surface area contributed by atoms with Crippen LogP contribution in [0.25, 0.3) is 0 Å². The van der Waals surface area contributed by atoms with E-state index in [0.29, 0.717) is 18.7 Å². The van der Waals surface area contributed by atoms with Gasteiger partial charge >= 0.3 is 5.97 Å². The van der Waals surface area contributed by atoms with Crippen LogP contribution >= 0.6 is 15.9 Å². The second-order valence-electron chi connectivity index (χ2n) is 6.07. The van der Waals surface area contributed by atoms with Crippen molar-refractivity contribution in [2.45, 2.75) is 58.7 Å². The van der Waals surface area contributed by atoms with Crippen molar-refractivity contribution >= 4 is 21.9 Å². The van der Waals surface area contributed by atoms with Crippen molar-refractivity contribution in [3.8, 4) is 5.75 Å². The van der Waals surface area contributed by atoms with E-state index in [1.165, 1.54) is 0 Å². The Hall–Kier alpha value is -1.07. The second-order valence-corrected chi connectivity index (χ2v) is 6.92. The molecule has 1 atom stereocenters. The van der Waals surface area contributed by atoms with E-state index in [9.17, 15) is 9.90 Å². The summed E-state index contributed by atoms with van der Waals surface area (Å²) in [4.78, 5) is 11.3. The van der Waals surface area contributed by atoms with Crippen molar-refractivity contribution < 1.29 is 14.6 Å². The number of carboxylic acid groups (broad SMARTS) is 1. The first-order valence-corrected chi connectivity index (χ1v) is 7.95. The van der Waals surface area contributed by atoms with E-state index in [4.69, 9.17) is 4.74 Å². The minimum Gasteiger partial charge on any atom is -0.479 e. The highest BCUT2D eigenvalue weighted by Gasteiger charge is 2.21. The summed E-state index contributed by atoms with van der Waals surface area (Å²) < 4.78 is 6.53. The molecule has 0 aliphatic rings. The first-order valence-electron chi connectivity index (χ1n) is 7.16. The first-order chi connectivity index (χ1) is 9.74. The highest BCUT2D eigenvalue weighted by atomic mass is 79.9. The van der Waals surface area contributed by atoms with Gasteiger partial charge < -0.3 is 15.2 Å². The van der Waals surface area contributed by atoms with Crippen molar-refractivity contribution in [1.82, 2.24) is 5.32 Å². The lowest BCUT2D eigenvalue weighted by Crippen LogP contribution is -2.35. The largest absolute Gasteiger partial charge is 0.479 e. The van der Waals surface area contributed by atoms with Gasteiger partial charge in [-0.2, -0.15) is 0 Å². The number of hydrogen-bond donors (Lipinski definition) is 2. The van der Waals surface area contributed by atoms with Gasteiger partial charge in [0.2, 0.25) is 0 Å². The molecule has 1 aromatic carbocycles. The molecule has 2 N–H and O–H groups in total. The SMILES string of the molecule is CCCC(Oc1c(Br)cccc1CNC(C)(C)C)C(=O)O. The maximum absolute atomic E-state index is 11.3. The number of rotatable bonds is 7. The van der Waals surface area contributed by atoms with Crippen LogP contribution in [0.15, 0.2) is 22.7 Å². The van der Waals surface area contributed by atoms with E-state index in [-0.39, 0.29) is 5.54 Å². The van der Waals surface area contributed by atoms with Crippen LogP contribution in [-0.4, -0.2) is 22.7 Å². The monoisotopic (exact) mass is 357 g/mol. The molecule has 4 nitrogen and oxygen atoms in total. The number of para-hydroxylation sites is 1. The fourth-order valence-corrected chi connectivity index (χ4v) is 2.32. The summed E-state index contributed by atoms with van der Waals surface area (Å²) in [6.45, 7) is 8.83. The van der Waals surface area contributed by atoms with Crippen LogP contribution in [0.2, 0.25) is 0 Å². The molecule has 1 unspecified atom stereocenters. The van der Waals surface area contributed by atoms with Crippen molar-refractivity contribution in [2.24, 2.45) is 0 Å². The second kappa shape index (κ2) is 7.80. The standard InChI is InChI=1S/C16H24BrNO3/c1-5-7-13(15(19)20)21-14-11(8-6-9-12(14)17)10-18-16(2,3)4/h6,8-9,13,18H,5,7,10H2,1-4H3,(H,19,20). The summed E-state index contributed by atoms with van der Waals surface area (Å²) in [5.41, 5.74) is 0.927. The van der Waals surface area contributed by atoms with Gasteiger partial charge in [0.1, 0.15) is 5.75 Å². The van der Waals surface area contributed by atoms with E-state index in [0.717, 1.165) is 16.5 Å². The molecule has 118 valence electrons. The van der Waals surface area contributed by atoms with Gasteiger partial charge in [0, 0.05) is 17.6 Å². The lowest BCUT2D eigenvalue weighted by Gasteiger charge is -2.23. The third-order valence-electron chi connectivity index (χ3n) is 2.94. The lowest BCUT2D eigenvalue weighted by atomic mass is 10.1. The molecule has 0 amide bonds. The zero-order valence-corrected chi connectivity index (χ0v) is 14.7. The number of ether oxygens (including phenoxy) is 1. The molecule has 0 bridgehead atoms. The van der Waals surface area contributed by atoms with Crippen LogP contribution in [-0.2, 0) is 11.3 Å². The lowest BCUT2D eigenvalue weighted by molar-refractivity contribution is -0.145. The van der Waals surface area contributed by atoms with Crippen molar-refractivity contribution in [2.75, 3.05) is 0 Å². The fourth-order valence-electron chi connectivity index (χ4n) is 1.82. The zero-order valence-electron chi connectivity index (χ0n) is 13.1. The van der Waals surface area contributed by atoms with Crippen molar-refractivity contribution in [3.05, 3.63) is 28.2 Å². The van der Waals surface area contributed by atoms with Gasteiger partial charge in [0.25, 0.3) is 0 Å². The minimum atomic E-state index is -0.928. The summed E-state index contributed by atoms with van der Waals surface area (Å²) in [7, 11) is 0. The smallest absolute Gasteiger partial charge is 0.344 e. The Morgan fingerprint density at radius 1 is 1.43 bits per heavy atom. The number of aliphatic carboxylic acids is 1. The van der Waals surface area contributed by atoms with Gasteiger partial charge in [-0.15, -0.1) is 0 Å². The molecule has 0 spiro atoms. The zero-order chi connectivity index (χ0) is 16.0. The normalized spacial score (nSPS) is 13.0. The minimum absolute atomic E-state index is 0.0186. The maximum Gasteiger partial charge on any atom is 0.344 e. The number of nitrogens with one attached hydrogen (secondary N) is 1. The van der Waals surface area contributed by atoms with Crippen LogP contribution in [0.1, 0.15) is 46.1 Å². The van der Waals surface area contributed by atoms with E-state index in [1.54, 1.807) is 0 Å². The predicted octanol–water partition coefficient (Wildman–Crippen LogP) is 3.97. The van der Waals surface area contributed by atoms with Crippen molar-refractivity contribution in [1.29, 1.82) is 0 Å². The molecule has 0 aliphatic carbocycles. The summed E-state index contributed by atoms with van der Waals surface area (Å²) in [6, 6.07) is 5.73. The number of halogens is 1. The average Bonchev–Trinajstić information content (AvgIpc) is 2.37. The molecule has 0 fully saturated rings. The highest BCUT2D eigenvalue weighted by Crippen LogP contribution is 2.31. The van der Waals surface area contributed by atoms with Crippen LogP contribution in [0.4, 0.5) is 0 Å². The van der Waals surface area contributed by atoms with Crippen LogP contribution in [0, 0.1) is 0 Å². The Morgan fingerprint density at radius 2 is 2.10 bits per heavy atom. The Bertz CT molecular complexity index is 483. The van der Waals surface area contributed by atoms with Crippen LogP contribution in [0.3, 0.4) is 0 Å². The molecule has 0 aliphatic heterocycles. The highest BCUT2D eigenvalue weighted by molar-refractivity contribution is 9.10. The number of carbonyl (C=O) groups is 1. The number of carboxylic acids is 1. The summed E-state index contributed by atoms with van der Waals surface area (Å²) in [6.07, 6.45) is 0.432. The molecule has 0 radical (unpaired) electrons. The summed E-state index contributed by atoms with van der Waals surface area (Å²) in [5.74, 6) is -0.322. The molecule has 0 saturated heterocycles. The van der Waals surface area contributed by atoms with Gasteiger partial charge in [-0.25, -0.2) is 4.79 Å². The van der Waals surface area contributed by atoms with Crippen LogP contribution < -0.4 is 10.1 Å². The Kier molecular flexibility index (Phi) is 6.68. The molecule has 0 aromatic heterocycles. The topological polar surface area (TPSA) is 58.6 Å². The predicted molar refractivity (Wildman–Crippen MR) is 87.7 cm³/mol. The Balaban J connectivity index is 2.96. The number of benzene rings is 1. The first kappa shape index (κ1) is 18.0. The van der Waals surface area contributed by atoms with Gasteiger partial charge in [0.05, 0.1) is 4.47 Å². The summed E-state index contributed by atoms with van der Waals surface area (Å²) >= 11 is 3.45. The van der Waals surface area contributed by atoms with Crippen molar-refractivity contribution in [3.63, 3.8) is 0 Å². The summed E-state index contributed by atoms with van der Waals surface area (Å²) in [5, 5.41) is 12.6. The van der Waals surface area contributed by atoms with Gasteiger partial charge in [-0.1, -0.05) is 25.5 Å². The van der Waals surface area contributed by atoms with Crippen LogP contribution in [0.5, 0.6) is 5.75 Å². The fraction of sp³-hybridized carbons (Fsp3) is 0.562. The molecular weight excluding hydrogens is 334 g/mol. The molecule has 1 rings (SSSR count). The molecular formula is C16H24BrNO3. The third-order valence-corrected chi connectivity index (χ3v) is 3.57. The van der Waals surface area contributed by atoms with E-state index in [1.807, 2.05) is 25.1 Å². The van der Waals surface area contributed by atoms with E-state index < -0.39 is 12.1 Å². The Labute approximate surface area is 135 Å². The molecule has 0 saturated carbocycles. The molecule has 1 aromatic rings. The maximum atomic E-state index is 11.3. The Morgan fingerprint density at radius 3 is 2.62 bits per heavy atom. The molecule has 0 heterocycles. The van der Waals surface area contributed by atoms with E-state index in [2.05, 4.69) is 42.0 Å². The third kappa shape index (κ3) is 6.06. The molecule has 21 heavy (non-hydrogen) atoms.